The lowest BCUT2D eigenvalue weighted by Gasteiger charge is -2.14. The molecule has 0 fully saturated rings. The maximum Gasteiger partial charge on any atom is 0.167 e. The van der Waals surface area contributed by atoms with Gasteiger partial charge in [-0.3, -0.25) is 9.38 Å². The minimum atomic E-state index is -1.18. The third kappa shape index (κ3) is 2.87. The average molecular weight is 386 g/mol. The molecular weight excluding hydrogens is 370 g/mol. The highest BCUT2D eigenvalue weighted by Gasteiger charge is 2.23. The molecule has 0 saturated heterocycles. The van der Waals surface area contributed by atoms with Crippen molar-refractivity contribution in [3.05, 3.63) is 65.8 Å². The number of methoxy groups -OCH3 is 1. The van der Waals surface area contributed by atoms with Gasteiger partial charge in [-0.1, -0.05) is 12.1 Å². The normalized spacial score (nSPS) is 12.5. The van der Waals surface area contributed by atoms with E-state index in [1.165, 1.54) is 13.3 Å². The van der Waals surface area contributed by atoms with Gasteiger partial charge in [-0.25, -0.2) is 18.4 Å². The topological polar surface area (TPSA) is 90.4 Å². The van der Waals surface area contributed by atoms with E-state index in [1.807, 2.05) is 6.92 Å². The molecule has 4 aromatic rings. The fraction of sp³-hybridized carbons (Fsp3) is 0.222. The van der Waals surface area contributed by atoms with E-state index < -0.39 is 17.7 Å². The highest BCUT2D eigenvalue weighted by molar-refractivity contribution is 5.46. The number of fused-ring (bicyclic) bond motifs is 1. The molecule has 144 valence electrons. The van der Waals surface area contributed by atoms with Crippen LogP contribution in [0.1, 0.15) is 30.1 Å². The molecule has 1 unspecified atom stereocenters. The van der Waals surface area contributed by atoms with Crippen molar-refractivity contribution in [2.75, 3.05) is 7.11 Å². The number of aromatic nitrogens is 6. The van der Waals surface area contributed by atoms with Gasteiger partial charge in [0.2, 0.25) is 0 Å². The molecule has 3 heterocycles. The van der Waals surface area contributed by atoms with Gasteiger partial charge < -0.3 is 9.84 Å². The number of hydrogen-bond acceptors (Lipinski definition) is 6. The molecule has 0 aliphatic carbocycles. The molecule has 1 aromatic carbocycles. The standard InChI is InChI=1S/C18H16F2N6O2/c1-3-13-17(25-9-21-6-10(25)7-22-13)18(27)14-8-26(24-23-14)15-4-12(20)16(28-2)5-11(15)19/h4-9,18,27H,3H2,1-2H3. The number of hydrogen-bond donors (Lipinski definition) is 1. The molecule has 0 spiro atoms. The SMILES string of the molecule is CCc1ncc2cncn2c1C(O)c1cn(-c2cc(F)c(OC)cc2F)nn1. The van der Waals surface area contributed by atoms with Gasteiger partial charge in [-0.05, 0) is 6.42 Å². The Bertz CT molecular complexity index is 1160. The molecule has 0 bridgehead atoms. The Balaban J connectivity index is 1.77. The second-order valence-corrected chi connectivity index (χ2v) is 6.06. The quantitative estimate of drug-likeness (QED) is 0.566. The summed E-state index contributed by atoms with van der Waals surface area (Å²) < 4.78 is 35.8. The molecule has 4 rings (SSSR count). The number of ether oxygens (including phenoxy) is 1. The van der Waals surface area contributed by atoms with Crippen LogP contribution in [0.5, 0.6) is 5.75 Å². The molecule has 0 saturated carbocycles. The van der Waals surface area contributed by atoms with E-state index in [0.29, 0.717) is 23.3 Å². The van der Waals surface area contributed by atoms with Crippen LogP contribution in [0.2, 0.25) is 0 Å². The van der Waals surface area contributed by atoms with Crippen molar-refractivity contribution < 1.29 is 18.6 Å². The van der Waals surface area contributed by atoms with Gasteiger partial charge in [0.15, 0.2) is 17.4 Å². The smallest absolute Gasteiger partial charge is 0.167 e. The summed E-state index contributed by atoms with van der Waals surface area (Å²) >= 11 is 0. The first-order chi connectivity index (χ1) is 13.5. The minimum Gasteiger partial charge on any atom is -0.494 e. The van der Waals surface area contributed by atoms with Crippen LogP contribution in [0.4, 0.5) is 8.78 Å². The van der Waals surface area contributed by atoms with Crippen molar-refractivity contribution in [2.45, 2.75) is 19.4 Å². The Morgan fingerprint density at radius 2 is 2.04 bits per heavy atom. The molecule has 10 heteroatoms. The first-order valence-corrected chi connectivity index (χ1v) is 8.47. The van der Waals surface area contributed by atoms with Gasteiger partial charge >= 0.3 is 0 Å². The number of imidazole rings is 1. The van der Waals surface area contributed by atoms with Crippen LogP contribution in [-0.2, 0) is 6.42 Å². The Morgan fingerprint density at radius 3 is 2.79 bits per heavy atom. The predicted molar refractivity (Wildman–Crippen MR) is 94.3 cm³/mol. The number of rotatable bonds is 5. The van der Waals surface area contributed by atoms with E-state index >= 15 is 0 Å². The molecule has 3 aromatic heterocycles. The van der Waals surface area contributed by atoms with Crippen LogP contribution in [0.15, 0.2) is 37.1 Å². The van der Waals surface area contributed by atoms with E-state index in [4.69, 9.17) is 4.74 Å². The van der Waals surface area contributed by atoms with E-state index in [1.54, 1.807) is 23.1 Å². The summed E-state index contributed by atoms with van der Waals surface area (Å²) in [5.74, 6) is -1.69. The van der Waals surface area contributed by atoms with Gasteiger partial charge in [0.25, 0.3) is 0 Å². The third-order valence-electron chi connectivity index (χ3n) is 4.43. The highest BCUT2D eigenvalue weighted by Crippen LogP contribution is 2.27. The van der Waals surface area contributed by atoms with Gasteiger partial charge in [0.1, 0.15) is 17.5 Å². The zero-order valence-electron chi connectivity index (χ0n) is 15.0. The summed E-state index contributed by atoms with van der Waals surface area (Å²) in [6, 6.07) is 1.88. The predicted octanol–water partition coefficient (Wildman–Crippen LogP) is 2.24. The van der Waals surface area contributed by atoms with Gasteiger partial charge in [0, 0.05) is 12.1 Å². The Labute approximate surface area is 158 Å². The maximum atomic E-state index is 14.3. The largest absolute Gasteiger partial charge is 0.494 e. The number of aliphatic hydroxyl groups is 1. The Hall–Kier alpha value is -3.40. The zero-order chi connectivity index (χ0) is 19.8. The van der Waals surface area contributed by atoms with Crippen LogP contribution >= 0.6 is 0 Å². The third-order valence-corrected chi connectivity index (χ3v) is 4.43. The number of benzene rings is 1. The van der Waals surface area contributed by atoms with Crippen LogP contribution in [0.25, 0.3) is 11.2 Å². The molecule has 0 aliphatic rings. The number of aliphatic hydroxyl groups excluding tert-OH is 1. The van der Waals surface area contributed by atoms with Crippen LogP contribution < -0.4 is 4.74 Å². The van der Waals surface area contributed by atoms with Gasteiger partial charge in [-0.2, -0.15) is 0 Å². The lowest BCUT2D eigenvalue weighted by Crippen LogP contribution is -2.11. The number of aryl methyl sites for hydroxylation is 1. The van der Waals surface area contributed by atoms with Crippen molar-refractivity contribution in [1.29, 1.82) is 0 Å². The summed E-state index contributed by atoms with van der Waals surface area (Å²) in [4.78, 5) is 8.43. The van der Waals surface area contributed by atoms with E-state index in [9.17, 15) is 13.9 Å². The number of halogens is 2. The second-order valence-electron chi connectivity index (χ2n) is 6.06. The van der Waals surface area contributed by atoms with Crippen molar-refractivity contribution in [1.82, 2.24) is 29.4 Å². The van der Waals surface area contributed by atoms with E-state index in [2.05, 4.69) is 20.3 Å². The molecule has 0 amide bonds. The lowest BCUT2D eigenvalue weighted by molar-refractivity contribution is 0.207. The molecule has 8 nitrogen and oxygen atoms in total. The van der Waals surface area contributed by atoms with Crippen LogP contribution in [0, 0.1) is 11.6 Å². The van der Waals surface area contributed by atoms with E-state index in [0.717, 1.165) is 16.8 Å². The molecule has 1 atom stereocenters. The molecular formula is C18H16F2N6O2. The summed E-state index contributed by atoms with van der Waals surface area (Å²) in [5, 5.41) is 18.7. The van der Waals surface area contributed by atoms with Crippen molar-refractivity contribution in [3.63, 3.8) is 0 Å². The fourth-order valence-corrected chi connectivity index (χ4v) is 3.02. The number of nitrogens with zero attached hydrogens (tertiary/aromatic N) is 6. The highest BCUT2D eigenvalue weighted by atomic mass is 19.1. The Kier molecular flexibility index (Phi) is 4.47. The minimum absolute atomic E-state index is 0.154. The zero-order valence-corrected chi connectivity index (χ0v) is 15.0. The summed E-state index contributed by atoms with van der Waals surface area (Å²) in [6.45, 7) is 1.91. The van der Waals surface area contributed by atoms with Crippen LogP contribution in [-0.4, -0.2) is 41.6 Å². The van der Waals surface area contributed by atoms with E-state index in [-0.39, 0.29) is 17.1 Å². The van der Waals surface area contributed by atoms with Crippen molar-refractivity contribution in [2.24, 2.45) is 0 Å². The summed E-state index contributed by atoms with van der Waals surface area (Å²) in [7, 11) is 1.25. The average Bonchev–Trinajstić information content (AvgIpc) is 3.37. The monoisotopic (exact) mass is 386 g/mol. The molecule has 28 heavy (non-hydrogen) atoms. The van der Waals surface area contributed by atoms with Crippen LogP contribution in [0.3, 0.4) is 0 Å². The van der Waals surface area contributed by atoms with Gasteiger partial charge in [0.05, 0.1) is 48.9 Å². The Morgan fingerprint density at radius 1 is 1.21 bits per heavy atom. The summed E-state index contributed by atoms with van der Waals surface area (Å²) in [5.41, 5.74) is 1.87. The first kappa shape index (κ1) is 18.0. The lowest BCUT2D eigenvalue weighted by atomic mass is 10.1. The molecule has 0 aliphatic heterocycles. The maximum absolute atomic E-state index is 14.3. The van der Waals surface area contributed by atoms with Crippen molar-refractivity contribution in [3.8, 4) is 11.4 Å². The molecule has 1 N–H and O–H groups in total. The summed E-state index contributed by atoms with van der Waals surface area (Å²) in [6.07, 6.45) is 5.58. The van der Waals surface area contributed by atoms with Crippen molar-refractivity contribution >= 4 is 5.52 Å². The first-order valence-electron chi connectivity index (χ1n) is 8.47. The molecule has 0 radical (unpaired) electrons. The fourth-order valence-electron chi connectivity index (χ4n) is 3.02. The van der Waals surface area contributed by atoms with Gasteiger partial charge in [-0.15, -0.1) is 5.10 Å². The second kappa shape index (κ2) is 6.97.